The van der Waals surface area contributed by atoms with Crippen molar-refractivity contribution in [1.82, 2.24) is 0 Å². The zero-order chi connectivity index (χ0) is 29.4. The molecule has 41 heavy (non-hydrogen) atoms. The summed E-state index contributed by atoms with van der Waals surface area (Å²) in [4.78, 5) is 24.5. The van der Waals surface area contributed by atoms with Crippen LogP contribution in [0.15, 0.2) is 24.3 Å². The lowest BCUT2D eigenvalue weighted by Gasteiger charge is -2.61. The normalized spacial score (nSPS) is 36.7. The number of carbonyl (C=O) groups is 2. The first-order chi connectivity index (χ1) is 19.5. The second-order valence-electron chi connectivity index (χ2n) is 14.9. The minimum Gasteiger partial charge on any atom is -0.507 e. The highest BCUT2D eigenvalue weighted by molar-refractivity contribution is 5.92. The number of fused-ring (bicyclic) bond motifs is 5. The van der Waals surface area contributed by atoms with E-state index < -0.39 is 18.2 Å². The fourth-order valence-electron chi connectivity index (χ4n) is 10.6. The lowest BCUT2D eigenvalue weighted by Crippen LogP contribution is -2.53. The molecule has 3 unspecified atom stereocenters. The number of benzene rings is 1. The maximum Gasteiger partial charge on any atom is 0.345 e. The van der Waals surface area contributed by atoms with E-state index in [0.717, 1.165) is 48.9 Å². The Morgan fingerprint density at radius 2 is 1.66 bits per heavy atom. The van der Waals surface area contributed by atoms with E-state index in [9.17, 15) is 14.7 Å². The standard InChI is InChI=1S/C36H54O5/c1-23(11-10-12-24(2)34(40-25(3)37)41-33(39)28-14-6-7-15-32(28)38)29-18-19-30-27-17-16-26-13-8-9-21-35(26,4)31(27)20-22-36(29,30)5/h6-7,14-15,23-24,26-27,29-31,34,38H,8-13,16-22H2,1-5H3/t23-,24?,26?,27+,29-,30+,31+,34?,35+,36-/m1/s1. The van der Waals surface area contributed by atoms with Crippen molar-refractivity contribution in [3.63, 3.8) is 0 Å². The highest BCUT2D eigenvalue weighted by Gasteiger charge is 2.60. The van der Waals surface area contributed by atoms with Gasteiger partial charge in [0.1, 0.15) is 11.3 Å². The summed E-state index contributed by atoms with van der Waals surface area (Å²) in [5.74, 6) is 3.79. The van der Waals surface area contributed by atoms with Gasteiger partial charge in [-0.1, -0.05) is 65.5 Å². The summed E-state index contributed by atoms with van der Waals surface area (Å²) in [5.41, 5.74) is 1.15. The van der Waals surface area contributed by atoms with Gasteiger partial charge in [0.25, 0.3) is 0 Å². The first kappa shape index (κ1) is 30.4. The Hall–Kier alpha value is -2.04. The van der Waals surface area contributed by atoms with Crippen molar-refractivity contribution in [3.05, 3.63) is 29.8 Å². The predicted molar refractivity (Wildman–Crippen MR) is 161 cm³/mol. The van der Waals surface area contributed by atoms with Crippen LogP contribution < -0.4 is 0 Å². The number of aromatic hydroxyl groups is 1. The van der Waals surface area contributed by atoms with Crippen molar-refractivity contribution < 1.29 is 24.2 Å². The number of para-hydroxylation sites is 1. The number of hydrogen-bond donors (Lipinski definition) is 1. The van der Waals surface area contributed by atoms with E-state index in [1.165, 1.54) is 83.3 Å². The molecule has 0 spiro atoms. The van der Waals surface area contributed by atoms with Crippen molar-refractivity contribution in [2.24, 2.45) is 52.3 Å². The fourth-order valence-corrected chi connectivity index (χ4v) is 10.6. The summed E-state index contributed by atoms with van der Waals surface area (Å²) < 4.78 is 11.0. The summed E-state index contributed by atoms with van der Waals surface area (Å²) in [6, 6.07) is 6.28. The molecule has 1 aromatic rings. The number of phenols is 1. The quantitative estimate of drug-likeness (QED) is 0.239. The van der Waals surface area contributed by atoms with Crippen LogP contribution in [0.4, 0.5) is 0 Å². The summed E-state index contributed by atoms with van der Waals surface area (Å²) in [7, 11) is 0. The third-order valence-corrected chi connectivity index (χ3v) is 12.8. The third-order valence-electron chi connectivity index (χ3n) is 12.8. The number of hydrogen-bond acceptors (Lipinski definition) is 5. The highest BCUT2D eigenvalue weighted by atomic mass is 16.7. The van der Waals surface area contributed by atoms with Gasteiger partial charge in [0.15, 0.2) is 0 Å². The van der Waals surface area contributed by atoms with Crippen LogP contribution in [0.1, 0.15) is 128 Å². The Bertz CT molecular complexity index is 1080. The summed E-state index contributed by atoms with van der Waals surface area (Å²) >= 11 is 0. The SMILES string of the molecule is CC(=O)OC(OC(=O)c1ccccc1O)C(C)CCC[C@@H](C)[C@H]1CC[C@H]2[C@@H]3CCC4CCCC[C@]4(C)[C@H]3CC[C@]12C. The van der Waals surface area contributed by atoms with Crippen molar-refractivity contribution in [1.29, 1.82) is 0 Å². The molecule has 5 heteroatoms. The Balaban J connectivity index is 1.16. The van der Waals surface area contributed by atoms with Crippen LogP contribution in [0.2, 0.25) is 0 Å². The van der Waals surface area contributed by atoms with E-state index in [1.807, 2.05) is 6.92 Å². The zero-order valence-electron chi connectivity index (χ0n) is 26.2. The smallest absolute Gasteiger partial charge is 0.345 e. The lowest BCUT2D eigenvalue weighted by molar-refractivity contribution is -0.174. The van der Waals surface area contributed by atoms with Crippen molar-refractivity contribution in [3.8, 4) is 5.75 Å². The van der Waals surface area contributed by atoms with Crippen molar-refractivity contribution >= 4 is 11.9 Å². The number of phenolic OH excluding ortho intramolecular Hbond substituents is 1. The average Bonchev–Trinajstić information content (AvgIpc) is 3.29. The molecule has 0 radical (unpaired) electrons. The van der Waals surface area contributed by atoms with Gasteiger partial charge < -0.3 is 14.6 Å². The van der Waals surface area contributed by atoms with Crippen LogP contribution in [0.5, 0.6) is 5.75 Å². The third kappa shape index (κ3) is 5.93. The van der Waals surface area contributed by atoms with Gasteiger partial charge in [-0.2, -0.15) is 0 Å². The molecular formula is C36H54O5. The van der Waals surface area contributed by atoms with Gasteiger partial charge in [-0.15, -0.1) is 0 Å². The van der Waals surface area contributed by atoms with Gasteiger partial charge >= 0.3 is 11.9 Å². The first-order valence-corrected chi connectivity index (χ1v) is 16.7. The molecule has 5 nitrogen and oxygen atoms in total. The average molecular weight is 567 g/mol. The van der Waals surface area contributed by atoms with Crippen LogP contribution in [0.3, 0.4) is 0 Å². The molecule has 1 N–H and O–H groups in total. The minimum absolute atomic E-state index is 0.0789. The maximum absolute atomic E-state index is 12.7. The van der Waals surface area contributed by atoms with Crippen LogP contribution in [0.25, 0.3) is 0 Å². The van der Waals surface area contributed by atoms with E-state index >= 15 is 0 Å². The molecule has 0 bridgehead atoms. The fraction of sp³-hybridized carbons (Fsp3) is 0.778. The second-order valence-corrected chi connectivity index (χ2v) is 14.9. The molecule has 0 amide bonds. The molecule has 0 aliphatic heterocycles. The van der Waals surface area contributed by atoms with Gasteiger partial charge in [0.2, 0.25) is 6.29 Å². The van der Waals surface area contributed by atoms with Gasteiger partial charge in [0, 0.05) is 12.8 Å². The topological polar surface area (TPSA) is 72.8 Å². The van der Waals surface area contributed by atoms with E-state index in [-0.39, 0.29) is 17.2 Å². The molecule has 1 aromatic carbocycles. The van der Waals surface area contributed by atoms with Crippen LogP contribution in [0, 0.1) is 52.3 Å². The first-order valence-electron chi connectivity index (χ1n) is 16.7. The molecule has 10 atom stereocenters. The summed E-state index contributed by atoms with van der Waals surface area (Å²) in [6.07, 6.45) is 16.4. The molecule has 5 rings (SSSR count). The van der Waals surface area contributed by atoms with Gasteiger partial charge in [-0.3, -0.25) is 4.79 Å². The lowest BCUT2D eigenvalue weighted by atomic mass is 9.44. The van der Waals surface area contributed by atoms with E-state index in [1.54, 1.807) is 12.1 Å². The second kappa shape index (κ2) is 12.3. The van der Waals surface area contributed by atoms with Crippen LogP contribution >= 0.6 is 0 Å². The molecule has 0 heterocycles. The number of ether oxygens (including phenoxy) is 2. The maximum atomic E-state index is 12.7. The largest absolute Gasteiger partial charge is 0.507 e. The van der Waals surface area contributed by atoms with Gasteiger partial charge in [-0.25, -0.2) is 4.79 Å². The number of carbonyl (C=O) groups excluding carboxylic acids is 2. The molecule has 4 aliphatic carbocycles. The van der Waals surface area contributed by atoms with E-state index in [2.05, 4.69) is 20.8 Å². The molecular weight excluding hydrogens is 512 g/mol. The number of rotatable bonds is 9. The predicted octanol–water partition coefficient (Wildman–Crippen LogP) is 8.93. The van der Waals surface area contributed by atoms with Crippen LogP contribution in [-0.2, 0) is 14.3 Å². The molecule has 4 saturated carbocycles. The summed E-state index contributed by atoms with van der Waals surface area (Å²) in [6.45, 7) is 11.1. The van der Waals surface area contributed by atoms with Gasteiger partial charge in [-0.05, 0) is 116 Å². The number of esters is 2. The Morgan fingerprint density at radius 1 is 0.902 bits per heavy atom. The molecule has 228 valence electrons. The van der Waals surface area contributed by atoms with Gasteiger partial charge in [0.05, 0.1) is 0 Å². The molecule has 0 aromatic heterocycles. The molecule has 4 fully saturated rings. The monoisotopic (exact) mass is 566 g/mol. The molecule has 0 saturated heterocycles. The van der Waals surface area contributed by atoms with Crippen LogP contribution in [-0.4, -0.2) is 23.3 Å². The summed E-state index contributed by atoms with van der Waals surface area (Å²) in [5, 5.41) is 10.0. The minimum atomic E-state index is -0.963. The molecule has 4 aliphatic rings. The zero-order valence-corrected chi connectivity index (χ0v) is 26.2. The highest BCUT2D eigenvalue weighted by Crippen LogP contribution is 2.68. The Morgan fingerprint density at radius 3 is 2.41 bits per heavy atom. The van der Waals surface area contributed by atoms with E-state index in [0.29, 0.717) is 16.7 Å². The van der Waals surface area contributed by atoms with E-state index in [4.69, 9.17) is 9.47 Å². The Labute approximate surface area is 248 Å². The van der Waals surface area contributed by atoms with Crippen molar-refractivity contribution in [2.45, 2.75) is 124 Å². The Kier molecular flexibility index (Phi) is 9.12. The van der Waals surface area contributed by atoms with Crippen molar-refractivity contribution in [2.75, 3.05) is 0 Å².